The first-order valence-electron chi connectivity index (χ1n) is 5.56. The van der Waals surface area contributed by atoms with Crippen LogP contribution in [0.15, 0.2) is 0 Å². The Hall–Kier alpha value is -0.950. The van der Waals surface area contributed by atoms with Gasteiger partial charge < -0.3 is 20.7 Å². The van der Waals surface area contributed by atoms with Gasteiger partial charge in [-0.3, -0.25) is 4.79 Å². The van der Waals surface area contributed by atoms with Crippen molar-refractivity contribution in [1.29, 1.82) is 0 Å². The van der Waals surface area contributed by atoms with Crippen LogP contribution in [-0.4, -0.2) is 61.2 Å². The summed E-state index contributed by atoms with van der Waals surface area (Å²) >= 11 is 1.63. The average Bonchev–Trinajstić information content (AvgIpc) is 2.34. The largest absolute Gasteiger partial charge is 0.378 e. The van der Waals surface area contributed by atoms with E-state index in [1.165, 1.54) is 0 Å². The molecule has 6 nitrogen and oxygen atoms in total. The maximum atomic E-state index is 12.1. The van der Waals surface area contributed by atoms with Gasteiger partial charge in [0.2, 0.25) is 5.91 Å². The Morgan fingerprint density at radius 3 is 2.65 bits per heavy atom. The van der Waals surface area contributed by atoms with Crippen molar-refractivity contribution in [3.63, 3.8) is 0 Å². The molecule has 1 heterocycles. The topological polar surface area (TPSA) is 84.7 Å². The Morgan fingerprint density at radius 2 is 2.12 bits per heavy atom. The quantitative estimate of drug-likeness (QED) is 0.707. The van der Waals surface area contributed by atoms with Crippen LogP contribution < -0.4 is 11.1 Å². The van der Waals surface area contributed by atoms with E-state index in [4.69, 9.17) is 10.5 Å². The van der Waals surface area contributed by atoms with Crippen molar-refractivity contribution in [1.82, 2.24) is 10.2 Å². The number of hydrogen-bond acceptors (Lipinski definition) is 4. The third kappa shape index (κ3) is 4.82. The molecule has 0 saturated carbocycles. The first-order chi connectivity index (χ1) is 8.15. The van der Waals surface area contributed by atoms with Gasteiger partial charge in [-0.15, -0.1) is 0 Å². The Labute approximate surface area is 105 Å². The number of hydrogen-bond donors (Lipinski definition) is 2. The predicted octanol–water partition coefficient (Wildman–Crippen LogP) is -0.365. The summed E-state index contributed by atoms with van der Waals surface area (Å²) in [4.78, 5) is 24.7. The second-order valence-corrected chi connectivity index (χ2v) is 4.77. The van der Waals surface area contributed by atoms with Crippen LogP contribution in [0.5, 0.6) is 0 Å². The number of amides is 3. The molecule has 1 aliphatic heterocycles. The number of rotatable bonds is 5. The first-order valence-corrected chi connectivity index (χ1v) is 6.96. The summed E-state index contributed by atoms with van der Waals surface area (Å²) in [6.45, 7) is 2.26. The van der Waals surface area contributed by atoms with Gasteiger partial charge in [-0.25, -0.2) is 4.79 Å². The molecule has 0 radical (unpaired) electrons. The van der Waals surface area contributed by atoms with E-state index in [9.17, 15) is 9.59 Å². The molecule has 1 aliphatic rings. The SMILES string of the molecule is CSCCC(NC(N)=O)C(=O)N1CCOCC1. The van der Waals surface area contributed by atoms with Crippen LogP contribution in [0.2, 0.25) is 0 Å². The zero-order valence-electron chi connectivity index (χ0n) is 9.98. The Kier molecular flexibility index (Phi) is 6.13. The van der Waals surface area contributed by atoms with Crippen LogP contribution in [0.4, 0.5) is 4.79 Å². The molecule has 1 saturated heterocycles. The van der Waals surface area contributed by atoms with E-state index < -0.39 is 12.1 Å². The maximum Gasteiger partial charge on any atom is 0.312 e. The smallest absolute Gasteiger partial charge is 0.312 e. The van der Waals surface area contributed by atoms with Gasteiger partial charge in [0.15, 0.2) is 0 Å². The van der Waals surface area contributed by atoms with Crippen LogP contribution >= 0.6 is 11.8 Å². The molecule has 0 bridgehead atoms. The van der Waals surface area contributed by atoms with Gasteiger partial charge in [0.25, 0.3) is 0 Å². The lowest BCUT2D eigenvalue weighted by molar-refractivity contribution is -0.137. The molecule has 1 rings (SSSR count). The number of morpholine rings is 1. The minimum Gasteiger partial charge on any atom is -0.378 e. The Morgan fingerprint density at radius 1 is 1.47 bits per heavy atom. The lowest BCUT2D eigenvalue weighted by Crippen LogP contribution is -2.53. The number of carbonyl (C=O) groups excluding carboxylic acids is 2. The lowest BCUT2D eigenvalue weighted by Gasteiger charge is -2.30. The van der Waals surface area contributed by atoms with Crippen molar-refractivity contribution in [3.05, 3.63) is 0 Å². The van der Waals surface area contributed by atoms with Gasteiger partial charge in [0.1, 0.15) is 6.04 Å². The lowest BCUT2D eigenvalue weighted by atomic mass is 10.2. The average molecular weight is 261 g/mol. The minimum absolute atomic E-state index is 0.0684. The Bertz CT molecular complexity index is 270. The summed E-state index contributed by atoms with van der Waals surface area (Å²) < 4.78 is 5.18. The van der Waals surface area contributed by atoms with Gasteiger partial charge >= 0.3 is 6.03 Å². The Balaban J connectivity index is 2.53. The minimum atomic E-state index is -0.655. The fraction of sp³-hybridized carbons (Fsp3) is 0.800. The van der Waals surface area contributed by atoms with Crippen molar-refractivity contribution in [3.8, 4) is 0 Å². The van der Waals surface area contributed by atoms with Crippen molar-refractivity contribution >= 4 is 23.7 Å². The molecule has 0 aromatic carbocycles. The molecule has 17 heavy (non-hydrogen) atoms. The molecule has 98 valence electrons. The second-order valence-electron chi connectivity index (χ2n) is 3.78. The van der Waals surface area contributed by atoms with E-state index >= 15 is 0 Å². The highest BCUT2D eigenvalue weighted by atomic mass is 32.2. The molecule has 1 fully saturated rings. The molecule has 3 amide bonds. The zero-order chi connectivity index (χ0) is 12.7. The number of thioether (sulfide) groups is 1. The molecule has 1 unspecified atom stereocenters. The number of nitrogens with two attached hydrogens (primary N) is 1. The number of carbonyl (C=O) groups is 2. The van der Waals surface area contributed by atoms with E-state index in [-0.39, 0.29) is 5.91 Å². The fourth-order valence-electron chi connectivity index (χ4n) is 1.67. The summed E-state index contributed by atoms with van der Waals surface area (Å²) in [5.41, 5.74) is 5.08. The molecular weight excluding hydrogens is 242 g/mol. The van der Waals surface area contributed by atoms with E-state index in [1.54, 1.807) is 16.7 Å². The monoisotopic (exact) mass is 261 g/mol. The highest BCUT2D eigenvalue weighted by molar-refractivity contribution is 7.98. The molecule has 7 heteroatoms. The number of nitrogens with one attached hydrogen (secondary N) is 1. The van der Waals surface area contributed by atoms with Gasteiger partial charge in [-0.2, -0.15) is 11.8 Å². The normalized spacial score (nSPS) is 17.6. The molecule has 0 aromatic heterocycles. The molecule has 0 aliphatic carbocycles. The number of ether oxygens (including phenoxy) is 1. The second kappa shape index (κ2) is 7.39. The first kappa shape index (κ1) is 14.1. The number of urea groups is 1. The molecule has 0 spiro atoms. The maximum absolute atomic E-state index is 12.1. The molecule has 3 N–H and O–H groups in total. The number of nitrogens with zero attached hydrogens (tertiary/aromatic N) is 1. The predicted molar refractivity (Wildman–Crippen MR) is 66.9 cm³/mol. The third-order valence-electron chi connectivity index (χ3n) is 2.55. The van der Waals surface area contributed by atoms with E-state index in [2.05, 4.69) is 5.32 Å². The highest BCUT2D eigenvalue weighted by Gasteiger charge is 2.26. The standard InChI is InChI=1S/C10H19N3O3S/c1-17-7-2-8(12-10(11)15)9(14)13-3-5-16-6-4-13/h8H,2-7H2,1H3,(H3,11,12,15). The number of primary amides is 1. The van der Waals surface area contributed by atoms with E-state index in [1.807, 2.05) is 6.26 Å². The van der Waals surface area contributed by atoms with Crippen LogP contribution in [0, 0.1) is 0 Å². The fourth-order valence-corrected chi connectivity index (χ4v) is 2.14. The van der Waals surface area contributed by atoms with E-state index in [0.29, 0.717) is 32.7 Å². The van der Waals surface area contributed by atoms with Crippen LogP contribution in [0.1, 0.15) is 6.42 Å². The van der Waals surface area contributed by atoms with Crippen LogP contribution in [0.25, 0.3) is 0 Å². The molecule has 0 aromatic rings. The highest BCUT2D eigenvalue weighted by Crippen LogP contribution is 2.06. The van der Waals surface area contributed by atoms with Gasteiger partial charge in [0, 0.05) is 13.1 Å². The van der Waals surface area contributed by atoms with Crippen molar-refractivity contribution in [2.24, 2.45) is 5.73 Å². The molecular formula is C10H19N3O3S. The van der Waals surface area contributed by atoms with Crippen molar-refractivity contribution in [2.75, 3.05) is 38.3 Å². The van der Waals surface area contributed by atoms with Crippen molar-refractivity contribution in [2.45, 2.75) is 12.5 Å². The van der Waals surface area contributed by atoms with Crippen LogP contribution in [0.3, 0.4) is 0 Å². The third-order valence-corrected chi connectivity index (χ3v) is 3.19. The summed E-state index contributed by atoms with van der Waals surface area (Å²) in [7, 11) is 0. The van der Waals surface area contributed by atoms with Crippen LogP contribution in [-0.2, 0) is 9.53 Å². The van der Waals surface area contributed by atoms with Crippen molar-refractivity contribution < 1.29 is 14.3 Å². The van der Waals surface area contributed by atoms with Gasteiger partial charge in [0.05, 0.1) is 13.2 Å². The summed E-state index contributed by atoms with van der Waals surface area (Å²) in [6, 6.07) is -1.17. The molecule has 1 atom stereocenters. The summed E-state index contributed by atoms with van der Waals surface area (Å²) in [5.74, 6) is 0.738. The summed E-state index contributed by atoms with van der Waals surface area (Å²) in [6.07, 6.45) is 2.56. The van der Waals surface area contributed by atoms with E-state index in [0.717, 1.165) is 5.75 Å². The van der Waals surface area contributed by atoms with Gasteiger partial charge in [-0.05, 0) is 18.4 Å². The zero-order valence-corrected chi connectivity index (χ0v) is 10.8. The van der Waals surface area contributed by atoms with Gasteiger partial charge in [-0.1, -0.05) is 0 Å². The summed E-state index contributed by atoms with van der Waals surface area (Å²) in [5, 5.41) is 2.51.